The van der Waals surface area contributed by atoms with Crippen molar-refractivity contribution >= 4 is 18.0 Å². The first-order valence-electron chi connectivity index (χ1n) is 12.1. The number of rotatable bonds is 9. The molecule has 1 unspecified atom stereocenters. The quantitative estimate of drug-likeness (QED) is 0.506. The number of ether oxygens (including phenoxy) is 2. The van der Waals surface area contributed by atoms with Crippen molar-refractivity contribution in [2.45, 2.75) is 38.7 Å². The van der Waals surface area contributed by atoms with Gasteiger partial charge < -0.3 is 25.2 Å². The number of hydrogen-bond donors (Lipinski definition) is 3. The second-order valence-electron chi connectivity index (χ2n) is 9.48. The maximum Gasteiger partial charge on any atom is 0.407 e. The van der Waals surface area contributed by atoms with Crippen molar-refractivity contribution in [1.29, 1.82) is 0 Å². The molecule has 0 saturated carbocycles. The van der Waals surface area contributed by atoms with Gasteiger partial charge in [0, 0.05) is 31.5 Å². The van der Waals surface area contributed by atoms with Crippen LogP contribution in [0.25, 0.3) is 11.1 Å². The standard InChI is InChI=1S/C27H32N2O6/c1-3-27(2,25(31)32)16-29-24(30)23-17(12-13-34-23)14-28-26(33)35-15-22-20-10-6-4-8-18(20)19-9-5-7-11-21(19)22/h4-11,17,22-23H,3,12-16H2,1-2H3,(H,28,33)(H,29,30)(H,31,32)/t17-,23-,27?/m1/s1. The van der Waals surface area contributed by atoms with Crippen molar-refractivity contribution in [3.05, 3.63) is 59.7 Å². The third-order valence-corrected chi connectivity index (χ3v) is 7.27. The fraction of sp³-hybridized carbons (Fsp3) is 0.444. The third-order valence-electron chi connectivity index (χ3n) is 7.27. The third kappa shape index (κ3) is 5.17. The Kier molecular flexibility index (Phi) is 7.40. The number of carboxylic acid groups (broad SMARTS) is 1. The van der Waals surface area contributed by atoms with Crippen LogP contribution in [0.5, 0.6) is 0 Å². The second kappa shape index (κ2) is 10.5. The molecule has 3 N–H and O–H groups in total. The van der Waals surface area contributed by atoms with Gasteiger partial charge in [0.25, 0.3) is 0 Å². The molecule has 3 atom stereocenters. The van der Waals surface area contributed by atoms with Gasteiger partial charge in [-0.2, -0.15) is 0 Å². The molecule has 1 saturated heterocycles. The van der Waals surface area contributed by atoms with E-state index in [1.807, 2.05) is 24.3 Å². The number of aliphatic carboxylic acids is 1. The lowest BCUT2D eigenvalue weighted by Crippen LogP contribution is -2.47. The minimum absolute atomic E-state index is 0.0179. The molecule has 1 heterocycles. The molecule has 4 rings (SSSR count). The fourth-order valence-corrected chi connectivity index (χ4v) is 4.73. The lowest BCUT2D eigenvalue weighted by atomic mass is 9.87. The molecule has 8 nitrogen and oxygen atoms in total. The van der Waals surface area contributed by atoms with Crippen molar-refractivity contribution in [3.63, 3.8) is 0 Å². The monoisotopic (exact) mass is 480 g/mol. The summed E-state index contributed by atoms with van der Waals surface area (Å²) in [5.41, 5.74) is 3.57. The molecular weight excluding hydrogens is 448 g/mol. The van der Waals surface area contributed by atoms with Crippen molar-refractivity contribution in [3.8, 4) is 11.1 Å². The molecule has 2 aromatic rings. The fourth-order valence-electron chi connectivity index (χ4n) is 4.73. The number of carbonyl (C=O) groups excluding carboxylic acids is 2. The normalized spacial score (nSPS) is 20.4. The van der Waals surface area contributed by atoms with Crippen LogP contribution in [0.3, 0.4) is 0 Å². The van der Waals surface area contributed by atoms with E-state index in [0.29, 0.717) is 19.4 Å². The predicted molar refractivity (Wildman–Crippen MR) is 130 cm³/mol. The summed E-state index contributed by atoms with van der Waals surface area (Å²) >= 11 is 0. The number of benzene rings is 2. The first kappa shape index (κ1) is 24.7. The number of carbonyl (C=O) groups is 3. The lowest BCUT2D eigenvalue weighted by molar-refractivity contribution is -0.148. The van der Waals surface area contributed by atoms with Crippen LogP contribution in [0.1, 0.15) is 43.7 Å². The molecule has 0 aromatic heterocycles. The Labute approximate surface area is 205 Å². The van der Waals surface area contributed by atoms with E-state index in [9.17, 15) is 19.5 Å². The molecule has 1 fully saturated rings. The van der Waals surface area contributed by atoms with Crippen molar-refractivity contribution in [2.24, 2.45) is 11.3 Å². The maximum absolute atomic E-state index is 12.6. The van der Waals surface area contributed by atoms with E-state index in [-0.39, 0.29) is 37.4 Å². The molecule has 2 aliphatic rings. The second-order valence-corrected chi connectivity index (χ2v) is 9.48. The van der Waals surface area contributed by atoms with E-state index in [0.717, 1.165) is 22.3 Å². The highest BCUT2D eigenvalue weighted by atomic mass is 16.5. The van der Waals surface area contributed by atoms with E-state index >= 15 is 0 Å². The highest BCUT2D eigenvalue weighted by Crippen LogP contribution is 2.44. The van der Waals surface area contributed by atoms with Crippen LogP contribution in [0.4, 0.5) is 4.79 Å². The molecule has 1 aliphatic carbocycles. The van der Waals surface area contributed by atoms with Crippen molar-refractivity contribution < 1.29 is 29.0 Å². The summed E-state index contributed by atoms with van der Waals surface area (Å²) in [5.74, 6) is -1.55. The Hall–Kier alpha value is -3.39. The first-order valence-corrected chi connectivity index (χ1v) is 12.1. The molecule has 2 aromatic carbocycles. The van der Waals surface area contributed by atoms with Crippen LogP contribution in [0.2, 0.25) is 0 Å². The number of carboxylic acids is 1. The topological polar surface area (TPSA) is 114 Å². The Morgan fingerprint density at radius 2 is 1.69 bits per heavy atom. The van der Waals surface area contributed by atoms with Gasteiger partial charge in [0.15, 0.2) is 0 Å². The zero-order valence-electron chi connectivity index (χ0n) is 20.1. The summed E-state index contributed by atoms with van der Waals surface area (Å²) < 4.78 is 11.2. The Balaban J connectivity index is 1.29. The van der Waals surface area contributed by atoms with Crippen LogP contribution in [-0.4, -0.2) is 55.5 Å². The van der Waals surface area contributed by atoms with E-state index in [1.54, 1.807) is 13.8 Å². The molecular formula is C27H32N2O6. The molecule has 186 valence electrons. The highest BCUT2D eigenvalue weighted by Gasteiger charge is 2.37. The molecule has 0 spiro atoms. The molecule has 1 aliphatic heterocycles. The number of fused-ring (bicyclic) bond motifs is 3. The van der Waals surface area contributed by atoms with Gasteiger partial charge in [-0.1, -0.05) is 55.5 Å². The van der Waals surface area contributed by atoms with Crippen LogP contribution >= 0.6 is 0 Å². The van der Waals surface area contributed by atoms with Gasteiger partial charge >= 0.3 is 12.1 Å². The Morgan fingerprint density at radius 1 is 1.06 bits per heavy atom. The van der Waals surface area contributed by atoms with E-state index < -0.39 is 23.6 Å². The smallest absolute Gasteiger partial charge is 0.407 e. The van der Waals surface area contributed by atoms with E-state index in [1.165, 1.54) is 0 Å². The van der Waals surface area contributed by atoms with Gasteiger partial charge in [-0.3, -0.25) is 9.59 Å². The summed E-state index contributed by atoms with van der Waals surface area (Å²) in [4.78, 5) is 36.6. The predicted octanol–water partition coefficient (Wildman–Crippen LogP) is 3.55. The Morgan fingerprint density at radius 3 is 2.29 bits per heavy atom. The number of nitrogens with one attached hydrogen (secondary N) is 2. The van der Waals surface area contributed by atoms with Crippen molar-refractivity contribution in [2.75, 3.05) is 26.3 Å². The first-order chi connectivity index (χ1) is 16.8. The van der Waals surface area contributed by atoms with E-state index in [4.69, 9.17) is 9.47 Å². The Bertz CT molecular complexity index is 1060. The molecule has 2 amide bonds. The largest absolute Gasteiger partial charge is 0.481 e. The van der Waals surface area contributed by atoms with Crippen molar-refractivity contribution in [1.82, 2.24) is 10.6 Å². The average molecular weight is 481 g/mol. The van der Waals surface area contributed by atoms with Crippen LogP contribution in [-0.2, 0) is 19.1 Å². The zero-order valence-corrected chi connectivity index (χ0v) is 20.1. The molecule has 0 radical (unpaired) electrons. The van der Waals surface area contributed by atoms with Gasteiger partial charge in [0.05, 0.1) is 5.41 Å². The summed E-state index contributed by atoms with van der Waals surface area (Å²) in [6, 6.07) is 16.3. The number of alkyl carbamates (subject to hydrolysis) is 1. The minimum atomic E-state index is -1.04. The molecule has 8 heteroatoms. The molecule has 35 heavy (non-hydrogen) atoms. The lowest BCUT2D eigenvalue weighted by Gasteiger charge is -2.25. The summed E-state index contributed by atoms with van der Waals surface area (Å²) in [6.45, 7) is 4.24. The van der Waals surface area contributed by atoms with Gasteiger partial charge in [0.2, 0.25) is 5.91 Å². The van der Waals surface area contributed by atoms with Gasteiger partial charge in [0.1, 0.15) is 12.7 Å². The van der Waals surface area contributed by atoms with Gasteiger partial charge in [-0.05, 0) is 42.0 Å². The van der Waals surface area contributed by atoms with Crippen LogP contribution in [0, 0.1) is 11.3 Å². The summed E-state index contributed by atoms with van der Waals surface area (Å²) in [7, 11) is 0. The SMILES string of the molecule is CCC(C)(CNC(=O)[C@@H]1OCC[C@@H]1CNC(=O)OCC1c2ccccc2-c2ccccc21)C(=O)O. The average Bonchev–Trinajstić information content (AvgIpc) is 3.47. The highest BCUT2D eigenvalue weighted by molar-refractivity contribution is 5.83. The van der Waals surface area contributed by atoms with Crippen LogP contribution < -0.4 is 10.6 Å². The van der Waals surface area contributed by atoms with Gasteiger partial charge in [-0.25, -0.2) is 4.79 Å². The van der Waals surface area contributed by atoms with Crippen LogP contribution in [0.15, 0.2) is 48.5 Å². The molecule has 0 bridgehead atoms. The minimum Gasteiger partial charge on any atom is -0.481 e. The van der Waals surface area contributed by atoms with E-state index in [2.05, 4.69) is 34.9 Å². The summed E-state index contributed by atoms with van der Waals surface area (Å²) in [6.07, 6.45) is -0.270. The van der Waals surface area contributed by atoms with Gasteiger partial charge in [-0.15, -0.1) is 0 Å². The number of amides is 2. The zero-order chi connectivity index (χ0) is 25.0. The maximum atomic E-state index is 12.6. The number of hydrogen-bond acceptors (Lipinski definition) is 5. The summed E-state index contributed by atoms with van der Waals surface area (Å²) in [5, 5.41) is 14.9.